The third-order valence-electron chi connectivity index (χ3n) is 2.75. The molecule has 62 valence electrons. The van der Waals surface area contributed by atoms with E-state index in [1.54, 1.807) is 0 Å². The van der Waals surface area contributed by atoms with Gasteiger partial charge in [-0.1, -0.05) is 25.5 Å². The fraction of sp³-hybridized carbons (Fsp3) is 0.600. The smallest absolute Gasteiger partial charge is 0.0985 e. The first-order valence-corrected chi connectivity index (χ1v) is 4.12. The van der Waals surface area contributed by atoms with Gasteiger partial charge in [-0.05, 0) is 25.3 Å². The highest BCUT2D eigenvalue weighted by atomic mass is 16.3. The zero-order valence-corrected chi connectivity index (χ0v) is 7.68. The lowest BCUT2D eigenvalue weighted by atomic mass is 9.82. The van der Waals surface area contributed by atoms with Gasteiger partial charge < -0.3 is 5.11 Å². The molecule has 1 nitrogen and oxygen atoms in total. The van der Waals surface area contributed by atoms with E-state index in [-0.39, 0.29) is 0 Å². The molecule has 0 bridgehead atoms. The Morgan fingerprint density at radius 3 is 2.27 bits per heavy atom. The molecule has 0 aliphatic heterocycles. The minimum atomic E-state index is 0.292. The molecule has 0 aromatic carbocycles. The standard InChI is InChI=1S/C10H16O/c1-6-5-7(2)10(11)9(4)8(6)3/h5,8-9,11H,1-4H3. The Bertz CT molecular complexity index is 223. The van der Waals surface area contributed by atoms with Crippen LogP contribution in [0.15, 0.2) is 23.0 Å². The minimum Gasteiger partial charge on any atom is -0.512 e. The molecule has 0 amide bonds. The summed E-state index contributed by atoms with van der Waals surface area (Å²) in [6.45, 7) is 8.30. The van der Waals surface area contributed by atoms with Crippen LogP contribution in [0.2, 0.25) is 0 Å². The maximum atomic E-state index is 9.57. The van der Waals surface area contributed by atoms with E-state index < -0.39 is 0 Å². The number of allylic oxidation sites excluding steroid dienone is 4. The van der Waals surface area contributed by atoms with Crippen molar-refractivity contribution < 1.29 is 5.11 Å². The number of hydrogen-bond donors (Lipinski definition) is 1. The highest BCUT2D eigenvalue weighted by Gasteiger charge is 2.22. The molecule has 0 saturated heterocycles. The van der Waals surface area contributed by atoms with Crippen LogP contribution in [0.1, 0.15) is 27.7 Å². The SMILES string of the molecule is CC1=CC(C)=C(O)C(C)C1C. The van der Waals surface area contributed by atoms with Gasteiger partial charge in [0.25, 0.3) is 0 Å². The van der Waals surface area contributed by atoms with E-state index in [9.17, 15) is 5.11 Å². The van der Waals surface area contributed by atoms with Gasteiger partial charge in [-0.2, -0.15) is 0 Å². The average Bonchev–Trinajstić information content (AvgIpc) is 1.97. The van der Waals surface area contributed by atoms with Gasteiger partial charge in [0, 0.05) is 5.92 Å². The number of rotatable bonds is 0. The van der Waals surface area contributed by atoms with Gasteiger partial charge in [0.2, 0.25) is 0 Å². The summed E-state index contributed by atoms with van der Waals surface area (Å²) in [5, 5.41) is 9.57. The Balaban J connectivity index is 3.01. The lowest BCUT2D eigenvalue weighted by molar-refractivity contribution is 0.294. The molecular weight excluding hydrogens is 136 g/mol. The second kappa shape index (κ2) is 2.72. The van der Waals surface area contributed by atoms with Crippen LogP contribution in [0.3, 0.4) is 0 Å². The second-order valence-electron chi connectivity index (χ2n) is 3.53. The monoisotopic (exact) mass is 152 g/mol. The van der Waals surface area contributed by atoms with Crippen LogP contribution in [0.25, 0.3) is 0 Å². The first-order chi connectivity index (χ1) is 5.04. The first kappa shape index (κ1) is 8.38. The van der Waals surface area contributed by atoms with E-state index in [0.717, 1.165) is 5.57 Å². The zero-order chi connectivity index (χ0) is 8.59. The van der Waals surface area contributed by atoms with Gasteiger partial charge in [-0.3, -0.25) is 0 Å². The van der Waals surface area contributed by atoms with Gasteiger partial charge >= 0.3 is 0 Å². The molecule has 0 heterocycles. The Morgan fingerprint density at radius 1 is 1.18 bits per heavy atom. The molecule has 1 heteroatoms. The lowest BCUT2D eigenvalue weighted by Gasteiger charge is -2.25. The molecule has 1 aliphatic carbocycles. The molecule has 0 saturated carbocycles. The largest absolute Gasteiger partial charge is 0.512 e. The van der Waals surface area contributed by atoms with Gasteiger partial charge in [-0.25, -0.2) is 0 Å². The maximum Gasteiger partial charge on any atom is 0.0985 e. The Morgan fingerprint density at radius 2 is 1.73 bits per heavy atom. The molecule has 0 spiro atoms. The van der Waals surface area contributed by atoms with Crippen molar-refractivity contribution in [2.45, 2.75) is 27.7 Å². The van der Waals surface area contributed by atoms with Crippen molar-refractivity contribution in [2.75, 3.05) is 0 Å². The lowest BCUT2D eigenvalue weighted by Crippen LogP contribution is -2.16. The third-order valence-corrected chi connectivity index (χ3v) is 2.75. The molecule has 0 fully saturated rings. The van der Waals surface area contributed by atoms with Crippen LogP contribution < -0.4 is 0 Å². The van der Waals surface area contributed by atoms with Crippen LogP contribution in [-0.2, 0) is 0 Å². The van der Waals surface area contributed by atoms with E-state index in [0.29, 0.717) is 17.6 Å². The number of hydrogen-bond acceptors (Lipinski definition) is 1. The summed E-state index contributed by atoms with van der Waals surface area (Å²) in [7, 11) is 0. The van der Waals surface area contributed by atoms with E-state index in [1.165, 1.54) is 5.57 Å². The van der Waals surface area contributed by atoms with Gasteiger partial charge in [-0.15, -0.1) is 0 Å². The summed E-state index contributed by atoms with van der Waals surface area (Å²) in [5.74, 6) is 1.34. The summed E-state index contributed by atoms with van der Waals surface area (Å²) >= 11 is 0. The van der Waals surface area contributed by atoms with Crippen LogP contribution in [-0.4, -0.2) is 5.11 Å². The van der Waals surface area contributed by atoms with Crippen molar-refractivity contribution in [3.8, 4) is 0 Å². The highest BCUT2D eigenvalue weighted by molar-refractivity contribution is 5.31. The van der Waals surface area contributed by atoms with E-state index >= 15 is 0 Å². The van der Waals surface area contributed by atoms with Crippen molar-refractivity contribution in [3.63, 3.8) is 0 Å². The summed E-state index contributed by atoms with van der Waals surface area (Å²) in [5.41, 5.74) is 2.39. The molecule has 1 N–H and O–H groups in total. The summed E-state index contributed by atoms with van der Waals surface area (Å²) in [6.07, 6.45) is 2.07. The molecule has 0 radical (unpaired) electrons. The first-order valence-electron chi connectivity index (χ1n) is 4.12. The highest BCUT2D eigenvalue weighted by Crippen LogP contribution is 2.32. The average molecular weight is 152 g/mol. The van der Waals surface area contributed by atoms with Gasteiger partial charge in [0.1, 0.15) is 0 Å². The van der Waals surface area contributed by atoms with Crippen molar-refractivity contribution >= 4 is 0 Å². The molecule has 2 atom stereocenters. The molecule has 0 aromatic rings. The molecule has 2 unspecified atom stereocenters. The fourth-order valence-electron chi connectivity index (χ4n) is 1.54. The van der Waals surface area contributed by atoms with Gasteiger partial charge in [0.05, 0.1) is 5.76 Å². The van der Waals surface area contributed by atoms with E-state index in [4.69, 9.17) is 0 Å². The van der Waals surface area contributed by atoms with Crippen molar-refractivity contribution in [1.29, 1.82) is 0 Å². The van der Waals surface area contributed by atoms with Gasteiger partial charge in [0.15, 0.2) is 0 Å². The third kappa shape index (κ3) is 1.32. The summed E-state index contributed by atoms with van der Waals surface area (Å²) in [6, 6.07) is 0. The van der Waals surface area contributed by atoms with Crippen LogP contribution in [0.4, 0.5) is 0 Å². The second-order valence-corrected chi connectivity index (χ2v) is 3.53. The number of aliphatic hydroxyl groups is 1. The minimum absolute atomic E-state index is 0.292. The Kier molecular flexibility index (Phi) is 2.08. The predicted molar refractivity (Wildman–Crippen MR) is 47.4 cm³/mol. The summed E-state index contributed by atoms with van der Waals surface area (Å²) in [4.78, 5) is 0. The van der Waals surface area contributed by atoms with E-state index in [1.807, 2.05) is 6.92 Å². The molecular formula is C10H16O. The summed E-state index contributed by atoms with van der Waals surface area (Å²) < 4.78 is 0. The Hall–Kier alpha value is -0.720. The molecule has 1 rings (SSSR count). The maximum absolute atomic E-state index is 9.57. The predicted octanol–water partition coefficient (Wildman–Crippen LogP) is 3.05. The molecule has 1 aliphatic rings. The fourth-order valence-corrected chi connectivity index (χ4v) is 1.54. The van der Waals surface area contributed by atoms with E-state index in [2.05, 4.69) is 26.8 Å². The topological polar surface area (TPSA) is 20.2 Å². The van der Waals surface area contributed by atoms with Crippen LogP contribution in [0.5, 0.6) is 0 Å². The quantitative estimate of drug-likeness (QED) is 0.565. The molecule has 11 heavy (non-hydrogen) atoms. The van der Waals surface area contributed by atoms with Crippen molar-refractivity contribution in [3.05, 3.63) is 23.0 Å². The van der Waals surface area contributed by atoms with Crippen LogP contribution >= 0.6 is 0 Å². The Labute approximate surface area is 68.4 Å². The normalized spacial score (nSPS) is 32.2. The van der Waals surface area contributed by atoms with Crippen molar-refractivity contribution in [1.82, 2.24) is 0 Å². The number of aliphatic hydroxyl groups excluding tert-OH is 1. The van der Waals surface area contributed by atoms with Crippen LogP contribution in [0, 0.1) is 11.8 Å². The zero-order valence-electron chi connectivity index (χ0n) is 7.68. The molecule has 0 aromatic heterocycles. The van der Waals surface area contributed by atoms with Crippen molar-refractivity contribution in [2.24, 2.45) is 11.8 Å².